The molecule has 0 aromatic heterocycles. The molecule has 0 aromatic rings. The van der Waals surface area contributed by atoms with Crippen LogP contribution in [0.4, 0.5) is 0 Å². The number of hydrogen-bond acceptors (Lipinski definition) is 1. The van der Waals surface area contributed by atoms with Crippen LogP contribution in [0.15, 0.2) is 11.8 Å². The van der Waals surface area contributed by atoms with E-state index in [-0.39, 0.29) is 0 Å². The van der Waals surface area contributed by atoms with Gasteiger partial charge in [-0.1, -0.05) is 26.2 Å². The predicted molar refractivity (Wildman–Crippen MR) is 38.1 cm³/mol. The molecule has 0 N–H and O–H groups in total. The molecule has 44 valence electrons. The summed E-state index contributed by atoms with van der Waals surface area (Å²) in [5.74, 6) is 0. The summed E-state index contributed by atoms with van der Waals surface area (Å²) in [6.45, 7) is 9.97. The van der Waals surface area contributed by atoms with Crippen LogP contribution in [0.2, 0.25) is 19.6 Å². The Bertz CT molecular complexity index is 136. The van der Waals surface area contributed by atoms with Crippen LogP contribution < -0.4 is 0 Å². The van der Waals surface area contributed by atoms with E-state index in [1.54, 1.807) is 0 Å². The van der Waals surface area contributed by atoms with E-state index in [0.29, 0.717) is 0 Å². The monoisotopic (exact) mass is 125 g/mol. The van der Waals surface area contributed by atoms with Crippen LogP contribution in [0.3, 0.4) is 0 Å². The molecule has 0 saturated heterocycles. The number of nitrogens with zero attached hydrogens (tertiary/aromatic N) is 1. The molecule has 0 atom stereocenters. The second-order valence-electron chi connectivity index (χ2n) is 2.84. The molecule has 0 rings (SSSR count). The fourth-order valence-electron chi connectivity index (χ4n) is 0.168. The third-order valence-electron chi connectivity index (χ3n) is 1.04. The smallest absolute Gasteiger partial charge is 0.0904 e. The Labute approximate surface area is 51.6 Å². The second kappa shape index (κ2) is 2.14. The van der Waals surface area contributed by atoms with Gasteiger partial charge in [-0.15, -0.1) is 0 Å². The summed E-state index contributed by atoms with van der Waals surface area (Å²) < 4.78 is 0. The van der Waals surface area contributed by atoms with Crippen molar-refractivity contribution in [2.24, 2.45) is 0 Å². The van der Waals surface area contributed by atoms with Crippen molar-refractivity contribution in [1.29, 1.82) is 5.26 Å². The summed E-state index contributed by atoms with van der Waals surface area (Å²) in [4.78, 5) is 0. The van der Waals surface area contributed by atoms with Gasteiger partial charge in [-0.3, -0.25) is 0 Å². The van der Waals surface area contributed by atoms with Gasteiger partial charge < -0.3 is 0 Å². The van der Waals surface area contributed by atoms with Gasteiger partial charge in [0.05, 0.1) is 14.1 Å². The molecule has 8 heavy (non-hydrogen) atoms. The molecule has 0 heterocycles. The van der Waals surface area contributed by atoms with Gasteiger partial charge >= 0.3 is 0 Å². The summed E-state index contributed by atoms with van der Waals surface area (Å²) in [6.07, 6.45) is 0. The molecule has 0 aliphatic carbocycles. The maximum atomic E-state index is 8.36. The summed E-state index contributed by atoms with van der Waals surface area (Å²) in [5, 5.41) is 9.13. The van der Waals surface area contributed by atoms with Crippen molar-refractivity contribution in [2.45, 2.75) is 19.6 Å². The molecule has 0 aromatic carbocycles. The maximum Gasteiger partial charge on any atom is 0.0904 e. The average Bonchev–Trinajstić information content (AvgIpc) is 1.62. The summed E-state index contributed by atoms with van der Waals surface area (Å²) in [7, 11) is -1.32. The van der Waals surface area contributed by atoms with Crippen LogP contribution in [-0.4, -0.2) is 8.07 Å². The first kappa shape index (κ1) is 7.45. The van der Waals surface area contributed by atoms with E-state index in [4.69, 9.17) is 5.26 Å². The van der Waals surface area contributed by atoms with Crippen LogP contribution >= 0.6 is 0 Å². The molecule has 2 heteroatoms. The van der Waals surface area contributed by atoms with Gasteiger partial charge in [-0.2, -0.15) is 5.26 Å². The van der Waals surface area contributed by atoms with Crippen molar-refractivity contribution in [3.8, 4) is 6.07 Å². The molecule has 1 nitrogen and oxygen atoms in total. The van der Waals surface area contributed by atoms with Crippen molar-refractivity contribution < 1.29 is 0 Å². The zero-order chi connectivity index (χ0) is 6.78. The maximum absolute atomic E-state index is 8.36. The zero-order valence-electron chi connectivity index (χ0n) is 5.65. The highest BCUT2D eigenvalue weighted by atomic mass is 28.3. The average molecular weight is 125 g/mol. The minimum absolute atomic E-state index is 0.775. The standard InChI is InChI=1S/C6H11NSi/c1-6(5-7)8(2,3)4/h1H2,2-4H3. The van der Waals surface area contributed by atoms with Crippen LogP contribution in [0.1, 0.15) is 0 Å². The largest absolute Gasteiger partial charge is 0.193 e. The lowest BCUT2D eigenvalue weighted by atomic mass is 10.7. The topological polar surface area (TPSA) is 23.8 Å². The van der Waals surface area contributed by atoms with Crippen molar-refractivity contribution in [2.75, 3.05) is 0 Å². The number of allylic oxidation sites excluding steroid dienone is 1. The molecule has 0 spiro atoms. The molecule has 0 saturated carbocycles. The molecule has 0 unspecified atom stereocenters. The van der Waals surface area contributed by atoms with Crippen molar-refractivity contribution in [3.05, 3.63) is 11.8 Å². The van der Waals surface area contributed by atoms with E-state index in [0.717, 1.165) is 5.20 Å². The Hall–Kier alpha value is -0.553. The van der Waals surface area contributed by atoms with Gasteiger partial charge in [0.2, 0.25) is 0 Å². The highest BCUT2D eigenvalue weighted by molar-refractivity contribution is 6.83. The minimum Gasteiger partial charge on any atom is -0.193 e. The van der Waals surface area contributed by atoms with E-state index in [1.807, 2.05) is 0 Å². The van der Waals surface area contributed by atoms with E-state index in [2.05, 4.69) is 32.3 Å². The number of hydrogen-bond donors (Lipinski definition) is 0. The zero-order valence-corrected chi connectivity index (χ0v) is 6.65. The van der Waals surface area contributed by atoms with E-state index < -0.39 is 8.07 Å². The summed E-state index contributed by atoms with van der Waals surface area (Å²) in [5.41, 5.74) is 0. The summed E-state index contributed by atoms with van der Waals surface area (Å²) >= 11 is 0. The van der Waals surface area contributed by atoms with E-state index in [1.165, 1.54) is 0 Å². The van der Waals surface area contributed by atoms with Crippen molar-refractivity contribution in [3.63, 3.8) is 0 Å². The van der Waals surface area contributed by atoms with Crippen LogP contribution in [0.5, 0.6) is 0 Å². The summed E-state index contributed by atoms with van der Waals surface area (Å²) in [6, 6.07) is 2.07. The predicted octanol–water partition coefficient (Wildman–Crippen LogP) is 1.94. The van der Waals surface area contributed by atoms with E-state index in [9.17, 15) is 0 Å². The fraction of sp³-hybridized carbons (Fsp3) is 0.500. The highest BCUT2D eigenvalue weighted by Crippen LogP contribution is 2.09. The Morgan fingerprint density at radius 2 is 1.88 bits per heavy atom. The third-order valence-corrected chi connectivity index (χ3v) is 2.96. The first-order chi connectivity index (χ1) is 3.48. The molecule has 0 amide bonds. The fourth-order valence-corrected chi connectivity index (χ4v) is 0.503. The first-order valence-electron chi connectivity index (χ1n) is 2.58. The van der Waals surface area contributed by atoms with Gasteiger partial charge in [0.1, 0.15) is 0 Å². The van der Waals surface area contributed by atoms with Gasteiger partial charge in [-0.05, 0) is 0 Å². The SMILES string of the molecule is C=C(C#N)[Si](C)(C)C. The van der Waals surface area contributed by atoms with Crippen LogP contribution in [0.25, 0.3) is 0 Å². The second-order valence-corrected chi connectivity index (χ2v) is 7.94. The molecule has 0 fully saturated rings. The quantitative estimate of drug-likeness (QED) is 0.388. The van der Waals surface area contributed by atoms with Gasteiger partial charge in [0.25, 0.3) is 0 Å². The normalized spacial score (nSPS) is 10.2. The Morgan fingerprint density at radius 1 is 1.50 bits per heavy atom. The van der Waals surface area contributed by atoms with Gasteiger partial charge in [0.15, 0.2) is 0 Å². The lowest BCUT2D eigenvalue weighted by Crippen LogP contribution is -2.21. The molecule has 0 aliphatic heterocycles. The van der Waals surface area contributed by atoms with Crippen molar-refractivity contribution in [1.82, 2.24) is 0 Å². The van der Waals surface area contributed by atoms with Crippen LogP contribution in [0, 0.1) is 11.3 Å². The van der Waals surface area contributed by atoms with Crippen molar-refractivity contribution >= 4 is 8.07 Å². The lowest BCUT2D eigenvalue weighted by Gasteiger charge is -2.11. The minimum atomic E-state index is -1.32. The number of nitriles is 1. The molecular weight excluding hydrogens is 114 g/mol. The number of rotatable bonds is 1. The lowest BCUT2D eigenvalue weighted by molar-refractivity contribution is 1.51. The Kier molecular flexibility index (Phi) is 2.00. The highest BCUT2D eigenvalue weighted by Gasteiger charge is 2.16. The van der Waals surface area contributed by atoms with Gasteiger partial charge in [0, 0.05) is 5.20 Å². The Morgan fingerprint density at radius 3 is 1.88 bits per heavy atom. The molecule has 0 aliphatic rings. The van der Waals surface area contributed by atoms with E-state index >= 15 is 0 Å². The molecule has 0 bridgehead atoms. The first-order valence-corrected chi connectivity index (χ1v) is 6.08. The van der Waals surface area contributed by atoms with Crippen LogP contribution in [-0.2, 0) is 0 Å². The Balaban J connectivity index is 4.09. The molecule has 0 radical (unpaired) electrons. The third kappa shape index (κ3) is 1.94. The molecular formula is C6H11NSi. The van der Waals surface area contributed by atoms with Gasteiger partial charge in [-0.25, -0.2) is 0 Å².